The normalized spacial score (nSPS) is 12.7. The van der Waals surface area contributed by atoms with E-state index in [0.717, 1.165) is 41.5 Å². The standard InChI is InChI=1S/C22H23ClN4O3S2/c1-2-8-24-20(29)13-7-6-12(9-15(13)23)25-18(28)11-31-10-17-26-21(30)19-14-4-3-5-16(14)32-22(19)27-17/h6-7,9H,2-5,8,10-11H2,1H3,(H,24,29)(H,25,28)(H,26,27,30). The van der Waals surface area contributed by atoms with Gasteiger partial charge in [-0.15, -0.1) is 23.1 Å². The van der Waals surface area contributed by atoms with E-state index in [4.69, 9.17) is 11.6 Å². The summed E-state index contributed by atoms with van der Waals surface area (Å²) in [5, 5.41) is 6.57. The number of rotatable bonds is 8. The van der Waals surface area contributed by atoms with Gasteiger partial charge in [0.15, 0.2) is 0 Å². The van der Waals surface area contributed by atoms with E-state index >= 15 is 0 Å². The molecule has 0 atom stereocenters. The summed E-state index contributed by atoms with van der Waals surface area (Å²) < 4.78 is 0. The van der Waals surface area contributed by atoms with Crippen molar-refractivity contribution < 1.29 is 9.59 Å². The van der Waals surface area contributed by atoms with Gasteiger partial charge < -0.3 is 15.6 Å². The van der Waals surface area contributed by atoms with Crippen molar-refractivity contribution in [1.82, 2.24) is 15.3 Å². The minimum atomic E-state index is -0.236. The van der Waals surface area contributed by atoms with Gasteiger partial charge in [0.2, 0.25) is 5.91 Å². The molecular weight excluding hydrogens is 468 g/mol. The molecular formula is C22H23ClN4O3S2. The number of amides is 2. The third-order valence-electron chi connectivity index (χ3n) is 5.13. The molecule has 7 nitrogen and oxygen atoms in total. The molecule has 3 aromatic rings. The van der Waals surface area contributed by atoms with E-state index in [0.29, 0.717) is 29.4 Å². The summed E-state index contributed by atoms with van der Waals surface area (Å²) in [6, 6.07) is 4.81. The Hall–Kier alpha value is -2.36. The van der Waals surface area contributed by atoms with Crippen molar-refractivity contribution in [2.75, 3.05) is 17.6 Å². The van der Waals surface area contributed by atoms with Gasteiger partial charge in [-0.25, -0.2) is 4.98 Å². The Labute approximate surface area is 198 Å². The van der Waals surface area contributed by atoms with Crippen LogP contribution in [0.3, 0.4) is 0 Å². The molecule has 1 aromatic carbocycles. The van der Waals surface area contributed by atoms with Gasteiger partial charge in [-0.1, -0.05) is 18.5 Å². The second kappa shape index (κ2) is 10.1. The quantitative estimate of drug-likeness (QED) is 0.440. The number of anilines is 1. The number of carbonyl (C=O) groups is 2. The van der Waals surface area contributed by atoms with Gasteiger partial charge in [-0.05, 0) is 49.4 Å². The molecule has 10 heteroatoms. The minimum absolute atomic E-state index is 0.0906. The summed E-state index contributed by atoms with van der Waals surface area (Å²) in [6.07, 6.45) is 3.91. The van der Waals surface area contributed by atoms with Crippen molar-refractivity contribution in [2.24, 2.45) is 0 Å². The Kier molecular flexibility index (Phi) is 7.17. The molecule has 0 radical (unpaired) electrons. The highest BCUT2D eigenvalue weighted by Crippen LogP contribution is 2.34. The summed E-state index contributed by atoms with van der Waals surface area (Å²) in [5.74, 6) is 0.760. The fraction of sp³-hybridized carbons (Fsp3) is 0.364. The lowest BCUT2D eigenvalue weighted by molar-refractivity contribution is -0.113. The number of aryl methyl sites for hydroxylation is 2. The van der Waals surface area contributed by atoms with Gasteiger partial charge in [0.05, 0.1) is 27.5 Å². The smallest absolute Gasteiger partial charge is 0.259 e. The Bertz CT molecular complexity index is 1240. The molecule has 2 aromatic heterocycles. The molecule has 0 aliphatic heterocycles. The fourth-order valence-corrected chi connectivity index (χ4v) is 5.90. The molecule has 1 aliphatic carbocycles. The highest BCUT2D eigenvalue weighted by molar-refractivity contribution is 7.99. The predicted octanol–water partition coefficient (Wildman–Crippen LogP) is 4.14. The Morgan fingerprint density at radius 3 is 2.94 bits per heavy atom. The van der Waals surface area contributed by atoms with Crippen LogP contribution in [0.5, 0.6) is 0 Å². The zero-order chi connectivity index (χ0) is 22.7. The van der Waals surface area contributed by atoms with E-state index in [1.165, 1.54) is 16.6 Å². The first-order valence-electron chi connectivity index (χ1n) is 10.4. The molecule has 0 saturated carbocycles. The van der Waals surface area contributed by atoms with Gasteiger partial charge in [0.25, 0.3) is 11.5 Å². The molecule has 0 unspecified atom stereocenters. The van der Waals surface area contributed by atoms with Gasteiger partial charge in [0, 0.05) is 17.1 Å². The first-order chi connectivity index (χ1) is 15.5. The van der Waals surface area contributed by atoms with Crippen LogP contribution in [0.15, 0.2) is 23.0 Å². The molecule has 0 fully saturated rings. The predicted molar refractivity (Wildman–Crippen MR) is 131 cm³/mol. The zero-order valence-electron chi connectivity index (χ0n) is 17.5. The number of H-pyrrole nitrogens is 1. The lowest BCUT2D eigenvalue weighted by Gasteiger charge is -2.09. The Morgan fingerprint density at radius 2 is 2.16 bits per heavy atom. The largest absolute Gasteiger partial charge is 0.352 e. The number of thioether (sulfide) groups is 1. The van der Waals surface area contributed by atoms with Gasteiger partial charge in [-0.2, -0.15) is 0 Å². The highest BCUT2D eigenvalue weighted by atomic mass is 35.5. The van der Waals surface area contributed by atoms with Crippen LogP contribution in [-0.2, 0) is 23.4 Å². The first-order valence-corrected chi connectivity index (χ1v) is 12.8. The van der Waals surface area contributed by atoms with Crippen LogP contribution in [0.1, 0.15) is 46.4 Å². The number of benzene rings is 1. The first kappa shape index (κ1) is 22.8. The molecule has 2 heterocycles. The summed E-state index contributed by atoms with van der Waals surface area (Å²) in [7, 11) is 0. The molecule has 168 valence electrons. The van der Waals surface area contributed by atoms with Crippen molar-refractivity contribution in [3.8, 4) is 0 Å². The van der Waals surface area contributed by atoms with Crippen molar-refractivity contribution in [3.05, 3.63) is 55.4 Å². The molecule has 0 bridgehead atoms. The minimum Gasteiger partial charge on any atom is -0.352 e. The summed E-state index contributed by atoms with van der Waals surface area (Å²) >= 11 is 9.17. The zero-order valence-corrected chi connectivity index (χ0v) is 19.9. The number of nitrogens with zero attached hydrogens (tertiary/aromatic N) is 1. The number of hydrogen-bond acceptors (Lipinski definition) is 6. The Morgan fingerprint density at radius 1 is 1.31 bits per heavy atom. The van der Waals surface area contributed by atoms with Crippen LogP contribution in [0.25, 0.3) is 10.2 Å². The van der Waals surface area contributed by atoms with Gasteiger partial charge >= 0.3 is 0 Å². The van der Waals surface area contributed by atoms with Crippen LogP contribution in [0.4, 0.5) is 5.69 Å². The number of nitrogens with one attached hydrogen (secondary N) is 3. The molecule has 0 spiro atoms. The van der Waals surface area contributed by atoms with E-state index in [1.54, 1.807) is 29.5 Å². The van der Waals surface area contributed by atoms with Gasteiger partial charge in [0.1, 0.15) is 10.7 Å². The van der Waals surface area contributed by atoms with E-state index < -0.39 is 0 Å². The van der Waals surface area contributed by atoms with Crippen molar-refractivity contribution in [2.45, 2.75) is 38.4 Å². The van der Waals surface area contributed by atoms with Crippen LogP contribution in [0, 0.1) is 0 Å². The van der Waals surface area contributed by atoms with E-state index in [-0.39, 0.29) is 28.1 Å². The molecule has 0 saturated heterocycles. The molecule has 1 aliphatic rings. The highest BCUT2D eigenvalue weighted by Gasteiger charge is 2.21. The van der Waals surface area contributed by atoms with Crippen LogP contribution < -0.4 is 16.2 Å². The monoisotopic (exact) mass is 490 g/mol. The third-order valence-corrected chi connectivity index (χ3v) is 7.57. The summed E-state index contributed by atoms with van der Waals surface area (Å²) in [4.78, 5) is 46.4. The SMILES string of the molecule is CCCNC(=O)c1ccc(NC(=O)CSCc2nc3sc4c(c3c(=O)[nH]2)CCC4)cc1Cl. The molecule has 2 amide bonds. The second-order valence-corrected chi connectivity index (χ2v) is 10.0. The average molecular weight is 491 g/mol. The summed E-state index contributed by atoms with van der Waals surface area (Å²) in [6.45, 7) is 2.55. The number of carbonyl (C=O) groups excluding carboxylic acids is 2. The topological polar surface area (TPSA) is 104 Å². The number of thiophene rings is 1. The van der Waals surface area contributed by atoms with Crippen LogP contribution in [-0.4, -0.2) is 34.1 Å². The summed E-state index contributed by atoms with van der Waals surface area (Å²) in [5.41, 5.74) is 1.96. The van der Waals surface area contributed by atoms with Crippen LogP contribution in [0.2, 0.25) is 5.02 Å². The second-order valence-electron chi connectivity index (χ2n) is 7.54. The number of aromatic nitrogens is 2. The molecule has 3 N–H and O–H groups in total. The van der Waals surface area contributed by atoms with Crippen molar-refractivity contribution in [3.63, 3.8) is 0 Å². The molecule has 32 heavy (non-hydrogen) atoms. The maximum absolute atomic E-state index is 12.5. The van der Waals surface area contributed by atoms with E-state index in [9.17, 15) is 14.4 Å². The fourth-order valence-electron chi connectivity index (χ4n) is 3.66. The maximum atomic E-state index is 12.5. The van der Waals surface area contributed by atoms with Crippen LogP contribution >= 0.6 is 34.7 Å². The number of halogens is 1. The number of fused-ring (bicyclic) bond motifs is 3. The average Bonchev–Trinajstić information content (AvgIpc) is 3.33. The van der Waals surface area contributed by atoms with E-state index in [1.807, 2.05) is 6.92 Å². The lowest BCUT2D eigenvalue weighted by atomic mass is 10.2. The number of aromatic amines is 1. The maximum Gasteiger partial charge on any atom is 0.259 e. The third kappa shape index (κ3) is 5.00. The Balaban J connectivity index is 1.32. The number of hydrogen-bond donors (Lipinski definition) is 3. The van der Waals surface area contributed by atoms with Crippen molar-refractivity contribution in [1.29, 1.82) is 0 Å². The van der Waals surface area contributed by atoms with Crippen molar-refractivity contribution >= 4 is 62.4 Å². The molecule has 4 rings (SSSR count). The lowest BCUT2D eigenvalue weighted by Crippen LogP contribution is -2.24. The van der Waals surface area contributed by atoms with Gasteiger partial charge in [-0.3, -0.25) is 14.4 Å². The van der Waals surface area contributed by atoms with E-state index in [2.05, 4.69) is 20.6 Å².